The van der Waals surface area contributed by atoms with Crippen LogP contribution in [0.5, 0.6) is 0 Å². The van der Waals surface area contributed by atoms with Gasteiger partial charge >= 0.3 is 11.9 Å². The van der Waals surface area contributed by atoms with E-state index in [1.807, 2.05) is 0 Å². The van der Waals surface area contributed by atoms with Gasteiger partial charge in [0.2, 0.25) is 0 Å². The zero-order chi connectivity index (χ0) is 18.3. The number of carboxylic acids is 2. The maximum absolute atomic E-state index is 11.3. The molecular weight excluding hydrogens is 445 g/mol. The fraction of sp³-hybridized carbons (Fsp3) is 0. The number of halogens is 6. The van der Waals surface area contributed by atoms with Crippen molar-refractivity contribution in [1.82, 2.24) is 0 Å². The molecule has 0 atom stereocenters. The first kappa shape index (κ1) is 19.4. The van der Waals surface area contributed by atoms with Crippen LogP contribution in [0.4, 0.5) is 0 Å². The van der Waals surface area contributed by atoms with Crippen molar-refractivity contribution in [2.75, 3.05) is 0 Å². The molecule has 0 bridgehead atoms. The Hall–Kier alpha value is -0.880. The second-order valence-corrected chi connectivity index (χ2v) is 6.80. The van der Waals surface area contributed by atoms with Crippen molar-refractivity contribution in [3.05, 3.63) is 53.4 Å². The van der Waals surface area contributed by atoms with E-state index in [4.69, 9.17) is 69.6 Å². The Morgan fingerprint density at radius 3 is 1.17 bits per heavy atom. The highest BCUT2D eigenvalue weighted by atomic mass is 35.5. The van der Waals surface area contributed by atoms with E-state index in [9.17, 15) is 19.8 Å². The lowest BCUT2D eigenvalue weighted by molar-refractivity contribution is 0.0686. The third-order valence-electron chi connectivity index (χ3n) is 3.02. The number of benzene rings is 2. The molecule has 24 heavy (non-hydrogen) atoms. The van der Waals surface area contributed by atoms with Gasteiger partial charge < -0.3 is 10.2 Å². The predicted octanol–water partition coefficient (Wildman–Crippen LogP) is 6.67. The van der Waals surface area contributed by atoms with Crippen molar-refractivity contribution in [1.29, 1.82) is 0 Å². The van der Waals surface area contributed by atoms with E-state index in [0.717, 1.165) is 12.1 Å². The molecule has 0 aliphatic heterocycles. The number of aromatic carboxylic acids is 2. The largest absolute Gasteiger partial charge is 0.478 e. The van der Waals surface area contributed by atoms with E-state index in [2.05, 4.69) is 0 Å². The van der Waals surface area contributed by atoms with Crippen molar-refractivity contribution in [3.8, 4) is 11.1 Å². The first-order valence-corrected chi connectivity index (χ1v) is 8.16. The summed E-state index contributed by atoms with van der Waals surface area (Å²) in [5.74, 6) is -2.80. The zero-order valence-corrected chi connectivity index (χ0v) is 15.7. The Kier molecular flexibility index (Phi) is 5.80. The van der Waals surface area contributed by atoms with Crippen molar-refractivity contribution >= 4 is 81.5 Å². The lowest BCUT2D eigenvalue weighted by Crippen LogP contribution is -2.04. The van der Waals surface area contributed by atoms with Crippen LogP contribution in [0.15, 0.2) is 12.1 Å². The van der Waals surface area contributed by atoms with Gasteiger partial charge in [-0.2, -0.15) is 0 Å². The Labute approximate surface area is 165 Å². The molecule has 0 aliphatic rings. The Morgan fingerprint density at radius 2 is 0.917 bits per heavy atom. The molecular formula is C14H4Cl6O4. The first-order valence-electron chi connectivity index (χ1n) is 5.89. The van der Waals surface area contributed by atoms with Gasteiger partial charge in [0.15, 0.2) is 0 Å². The highest BCUT2D eigenvalue weighted by Crippen LogP contribution is 2.48. The molecule has 0 unspecified atom stereocenters. The predicted molar refractivity (Wildman–Crippen MR) is 95.9 cm³/mol. The van der Waals surface area contributed by atoms with Gasteiger partial charge in [0.25, 0.3) is 0 Å². The molecule has 0 aliphatic carbocycles. The highest BCUT2D eigenvalue weighted by molar-refractivity contribution is 6.49. The average molecular weight is 449 g/mol. The van der Waals surface area contributed by atoms with Crippen LogP contribution in [0, 0.1) is 0 Å². The third kappa shape index (κ3) is 3.27. The van der Waals surface area contributed by atoms with E-state index < -0.39 is 23.1 Å². The van der Waals surface area contributed by atoms with Crippen LogP contribution in [0.3, 0.4) is 0 Å². The van der Waals surface area contributed by atoms with Gasteiger partial charge in [0.1, 0.15) is 0 Å². The zero-order valence-electron chi connectivity index (χ0n) is 11.1. The molecule has 2 aromatic carbocycles. The van der Waals surface area contributed by atoms with Gasteiger partial charge in [-0.3, -0.25) is 0 Å². The maximum atomic E-state index is 11.3. The van der Waals surface area contributed by atoms with Crippen LogP contribution < -0.4 is 0 Å². The third-order valence-corrected chi connectivity index (χ3v) is 4.97. The summed E-state index contributed by atoms with van der Waals surface area (Å²) in [6.07, 6.45) is 0. The minimum atomic E-state index is -1.40. The van der Waals surface area contributed by atoms with Crippen molar-refractivity contribution in [2.45, 2.75) is 0 Å². The van der Waals surface area contributed by atoms with Gasteiger partial charge in [-0.15, -0.1) is 0 Å². The summed E-state index contributed by atoms with van der Waals surface area (Å²) in [5.41, 5.74) is -0.961. The van der Waals surface area contributed by atoms with E-state index in [1.165, 1.54) is 0 Å². The van der Waals surface area contributed by atoms with Crippen LogP contribution in [0.1, 0.15) is 20.7 Å². The Bertz CT molecular complexity index is 820. The monoisotopic (exact) mass is 446 g/mol. The highest BCUT2D eigenvalue weighted by Gasteiger charge is 2.27. The molecule has 0 amide bonds. The number of hydrogen-bond donors (Lipinski definition) is 2. The summed E-state index contributed by atoms with van der Waals surface area (Å²) in [4.78, 5) is 22.7. The molecule has 2 rings (SSSR count). The minimum Gasteiger partial charge on any atom is -0.478 e. The average Bonchev–Trinajstić information content (AvgIpc) is 2.40. The quantitative estimate of drug-likeness (QED) is 0.549. The number of hydrogen-bond acceptors (Lipinski definition) is 2. The van der Waals surface area contributed by atoms with Crippen molar-refractivity contribution < 1.29 is 19.8 Å². The number of carbonyl (C=O) groups is 2. The molecule has 0 saturated heterocycles. The van der Waals surface area contributed by atoms with Crippen molar-refractivity contribution in [2.24, 2.45) is 0 Å². The molecule has 0 radical (unpaired) electrons. The summed E-state index contributed by atoms with van der Waals surface area (Å²) in [6.45, 7) is 0. The van der Waals surface area contributed by atoms with Crippen LogP contribution in [0.25, 0.3) is 11.1 Å². The Morgan fingerprint density at radius 1 is 0.625 bits per heavy atom. The van der Waals surface area contributed by atoms with E-state index >= 15 is 0 Å². The van der Waals surface area contributed by atoms with Crippen LogP contribution in [-0.2, 0) is 0 Å². The normalized spacial score (nSPS) is 10.8. The van der Waals surface area contributed by atoms with Gasteiger partial charge in [-0.05, 0) is 12.1 Å². The summed E-state index contributed by atoms with van der Waals surface area (Å²) in [7, 11) is 0. The molecule has 2 aromatic rings. The standard InChI is InChI=1S/C14H4Cl6O4/c15-3-1-5(17)9(13(21)22)11(19)7(3)8-4(16)2-6(18)10(12(8)20)14(23)24/h1-2H,(H,21,22)(H,23,24). The second kappa shape index (κ2) is 7.16. The molecule has 0 spiro atoms. The maximum Gasteiger partial charge on any atom is 0.338 e. The van der Waals surface area contributed by atoms with Crippen LogP contribution in [-0.4, -0.2) is 22.2 Å². The second-order valence-electron chi connectivity index (χ2n) is 4.42. The topological polar surface area (TPSA) is 74.6 Å². The smallest absolute Gasteiger partial charge is 0.338 e. The molecule has 0 saturated carbocycles. The fourth-order valence-electron chi connectivity index (χ4n) is 2.03. The Balaban J connectivity index is 2.98. The first-order chi connectivity index (χ1) is 11.1. The van der Waals surface area contributed by atoms with Crippen LogP contribution >= 0.6 is 69.6 Å². The summed E-state index contributed by atoms with van der Waals surface area (Å²) in [5, 5.41) is 17.3. The lowest BCUT2D eigenvalue weighted by atomic mass is 10.00. The number of rotatable bonds is 3. The van der Waals surface area contributed by atoms with Gasteiger partial charge in [-0.25, -0.2) is 9.59 Å². The molecule has 126 valence electrons. The lowest BCUT2D eigenvalue weighted by Gasteiger charge is -2.16. The molecule has 0 aromatic heterocycles. The van der Waals surface area contributed by atoms with Crippen LogP contribution in [0.2, 0.25) is 30.1 Å². The summed E-state index contributed by atoms with van der Waals surface area (Å²) in [6, 6.07) is 2.30. The van der Waals surface area contributed by atoms with E-state index in [-0.39, 0.29) is 41.3 Å². The van der Waals surface area contributed by atoms with Gasteiger partial charge in [0, 0.05) is 11.1 Å². The summed E-state index contributed by atoms with van der Waals surface area (Å²) >= 11 is 36.1. The van der Waals surface area contributed by atoms with E-state index in [0.29, 0.717) is 0 Å². The van der Waals surface area contributed by atoms with Crippen molar-refractivity contribution in [3.63, 3.8) is 0 Å². The molecule has 0 heterocycles. The fourth-order valence-corrected chi connectivity index (χ4v) is 4.26. The number of carboxylic acid groups (broad SMARTS) is 2. The SMILES string of the molecule is O=C(O)c1c(Cl)cc(Cl)c(-c2c(Cl)cc(Cl)c(C(=O)O)c2Cl)c1Cl. The molecule has 10 heteroatoms. The molecule has 2 N–H and O–H groups in total. The molecule has 4 nitrogen and oxygen atoms in total. The summed E-state index contributed by atoms with van der Waals surface area (Å²) < 4.78 is 0. The minimum absolute atomic E-state index is 0.0579. The van der Waals surface area contributed by atoms with E-state index in [1.54, 1.807) is 0 Å². The van der Waals surface area contributed by atoms with Gasteiger partial charge in [0.05, 0.1) is 41.3 Å². The molecule has 0 fully saturated rings. The van der Waals surface area contributed by atoms with Gasteiger partial charge in [-0.1, -0.05) is 69.6 Å².